The van der Waals surface area contributed by atoms with Crippen molar-refractivity contribution in [3.05, 3.63) is 35.5 Å². The van der Waals surface area contributed by atoms with E-state index in [9.17, 15) is 32.7 Å². The van der Waals surface area contributed by atoms with Crippen molar-refractivity contribution < 1.29 is 42.1 Å². The molecule has 0 saturated carbocycles. The third-order valence-corrected chi connectivity index (χ3v) is 5.07. The van der Waals surface area contributed by atoms with E-state index < -0.39 is 35.1 Å². The maximum Gasteiger partial charge on any atom is 0.491 e. The molecule has 1 saturated heterocycles. The maximum absolute atomic E-state index is 12.4. The molecule has 1 N–H and O–H groups in total. The molecular formula is C16H12F3NO6S. The molecule has 0 spiro atoms. The van der Waals surface area contributed by atoms with Crippen molar-refractivity contribution in [3.63, 3.8) is 0 Å². The fourth-order valence-corrected chi connectivity index (χ4v) is 3.73. The zero-order valence-electron chi connectivity index (χ0n) is 13.5. The summed E-state index contributed by atoms with van der Waals surface area (Å²) in [5.41, 5.74) is -0.177. The van der Waals surface area contributed by atoms with E-state index in [1.807, 2.05) is 0 Å². The number of nitrogens with zero attached hydrogens (tertiary/aromatic N) is 1. The monoisotopic (exact) mass is 403 g/mol. The largest absolute Gasteiger partial charge is 0.508 e. The van der Waals surface area contributed by atoms with E-state index in [2.05, 4.69) is 4.74 Å². The van der Waals surface area contributed by atoms with Crippen LogP contribution in [0.2, 0.25) is 0 Å². The van der Waals surface area contributed by atoms with Gasteiger partial charge in [0.15, 0.2) is 0 Å². The zero-order chi connectivity index (χ0) is 19.8. The lowest BCUT2D eigenvalue weighted by molar-refractivity contribution is -0.201. The molecule has 11 heteroatoms. The highest BCUT2D eigenvalue weighted by Crippen LogP contribution is 2.40. The van der Waals surface area contributed by atoms with Crippen LogP contribution in [0.25, 0.3) is 0 Å². The number of phenolic OH excluding ortho intramolecular Hbond substituents is 1. The van der Waals surface area contributed by atoms with Crippen molar-refractivity contribution in [2.24, 2.45) is 0 Å². The van der Waals surface area contributed by atoms with Crippen LogP contribution >= 0.6 is 11.8 Å². The number of hydrogen-bond donors (Lipinski definition) is 1. The number of benzene rings is 1. The summed E-state index contributed by atoms with van der Waals surface area (Å²) in [6.45, 7) is -0.209. The van der Waals surface area contributed by atoms with E-state index in [4.69, 9.17) is 4.74 Å². The second-order valence-corrected chi connectivity index (χ2v) is 6.81. The molecule has 1 amide bonds. The summed E-state index contributed by atoms with van der Waals surface area (Å²) in [4.78, 5) is 36.0. The van der Waals surface area contributed by atoms with Crippen molar-refractivity contribution in [1.82, 2.24) is 4.90 Å². The number of alkyl halides is 3. The Balaban J connectivity index is 1.82. The number of rotatable bonds is 4. The van der Waals surface area contributed by atoms with Crippen LogP contribution in [0, 0.1) is 0 Å². The number of halogens is 3. The average molecular weight is 403 g/mol. The molecule has 0 aromatic heterocycles. The number of amides is 1. The number of hydrogen-bond acceptors (Lipinski definition) is 7. The molecule has 7 nitrogen and oxygen atoms in total. The number of ether oxygens (including phenoxy) is 2. The number of esters is 2. The van der Waals surface area contributed by atoms with Crippen LogP contribution in [0.4, 0.5) is 13.2 Å². The Hall–Kier alpha value is -2.69. The van der Waals surface area contributed by atoms with Crippen LogP contribution in [0.15, 0.2) is 35.5 Å². The van der Waals surface area contributed by atoms with Crippen molar-refractivity contribution in [1.29, 1.82) is 0 Å². The lowest BCUT2D eigenvalue weighted by atomic mass is 10.1. The Morgan fingerprint density at radius 3 is 2.52 bits per heavy atom. The highest BCUT2D eigenvalue weighted by Gasteiger charge is 2.48. The summed E-state index contributed by atoms with van der Waals surface area (Å²) < 4.78 is 46.5. The first kappa shape index (κ1) is 19.1. The minimum absolute atomic E-state index is 0.0127. The van der Waals surface area contributed by atoms with E-state index in [-0.39, 0.29) is 30.1 Å². The van der Waals surface area contributed by atoms with E-state index >= 15 is 0 Å². The number of aromatic hydroxyl groups is 1. The number of carbonyl (C=O) groups excluding carboxylic acids is 3. The van der Waals surface area contributed by atoms with Crippen molar-refractivity contribution >= 4 is 29.6 Å². The number of fused-ring (bicyclic) bond motifs is 1. The van der Waals surface area contributed by atoms with Gasteiger partial charge in [-0.05, 0) is 24.3 Å². The normalized spacial score (nSPS) is 19.3. The van der Waals surface area contributed by atoms with Crippen LogP contribution in [0.1, 0.15) is 6.42 Å². The first-order valence-corrected chi connectivity index (χ1v) is 8.62. The standard InChI is InChI=1S/C16H12F3NO6S/c17-16(18,19)15(24)26-14(23)13-8(7-27-12-5-11(22)20(12)13)6-25-10-3-1-9(21)2-4-10/h1-4,12,21H,5-7H2. The summed E-state index contributed by atoms with van der Waals surface area (Å²) in [5, 5.41) is 8.85. The lowest BCUT2D eigenvalue weighted by Gasteiger charge is -2.44. The topological polar surface area (TPSA) is 93.1 Å². The third kappa shape index (κ3) is 4.02. The molecule has 1 aromatic carbocycles. The lowest BCUT2D eigenvalue weighted by Crippen LogP contribution is -2.54. The Bertz CT molecular complexity index is 820. The molecule has 1 fully saturated rings. The van der Waals surface area contributed by atoms with Crippen molar-refractivity contribution in [2.75, 3.05) is 12.4 Å². The van der Waals surface area contributed by atoms with Crippen LogP contribution in [-0.2, 0) is 19.1 Å². The third-order valence-electron chi connectivity index (χ3n) is 3.79. The van der Waals surface area contributed by atoms with Crippen LogP contribution in [0.5, 0.6) is 11.5 Å². The van der Waals surface area contributed by atoms with Gasteiger partial charge in [0.2, 0.25) is 5.91 Å². The summed E-state index contributed by atoms with van der Waals surface area (Å²) in [7, 11) is 0. The second kappa shape index (κ2) is 7.14. The molecule has 2 aliphatic rings. The number of phenols is 1. The van der Waals surface area contributed by atoms with E-state index in [0.717, 1.165) is 4.90 Å². The molecule has 0 aliphatic carbocycles. The van der Waals surface area contributed by atoms with E-state index in [1.165, 1.54) is 36.0 Å². The highest BCUT2D eigenvalue weighted by atomic mass is 32.2. The predicted octanol–water partition coefficient (Wildman–Crippen LogP) is 1.96. The molecule has 1 aromatic rings. The first-order chi connectivity index (χ1) is 12.7. The zero-order valence-corrected chi connectivity index (χ0v) is 14.3. The van der Waals surface area contributed by atoms with Crippen LogP contribution in [-0.4, -0.2) is 51.8 Å². The fraction of sp³-hybridized carbons (Fsp3) is 0.312. The fourth-order valence-electron chi connectivity index (χ4n) is 2.48. The van der Waals surface area contributed by atoms with Crippen LogP contribution < -0.4 is 4.74 Å². The summed E-state index contributed by atoms with van der Waals surface area (Å²) >= 11 is 1.32. The van der Waals surface area contributed by atoms with Gasteiger partial charge >= 0.3 is 18.1 Å². The van der Waals surface area contributed by atoms with Gasteiger partial charge in [-0.1, -0.05) is 0 Å². The van der Waals surface area contributed by atoms with E-state index in [1.54, 1.807) is 0 Å². The SMILES string of the molecule is O=C(OC(=O)C(F)(F)F)C1=C(COc2ccc(O)cc2)CSC2CC(=O)N12. The molecule has 0 bridgehead atoms. The molecule has 0 radical (unpaired) electrons. The summed E-state index contributed by atoms with van der Waals surface area (Å²) in [6.07, 6.45) is -5.19. The molecule has 1 atom stereocenters. The van der Waals surface area contributed by atoms with Gasteiger partial charge in [0.1, 0.15) is 23.8 Å². The van der Waals surface area contributed by atoms with Gasteiger partial charge in [0, 0.05) is 11.3 Å². The Kier molecular flexibility index (Phi) is 5.05. The Morgan fingerprint density at radius 2 is 1.93 bits per heavy atom. The summed E-state index contributed by atoms with van der Waals surface area (Å²) in [5.74, 6) is -4.08. The van der Waals surface area contributed by atoms with Gasteiger partial charge in [-0.2, -0.15) is 13.2 Å². The number of carbonyl (C=O) groups is 3. The minimum Gasteiger partial charge on any atom is -0.508 e. The van der Waals surface area contributed by atoms with Gasteiger partial charge in [0.25, 0.3) is 0 Å². The predicted molar refractivity (Wildman–Crippen MR) is 85.5 cm³/mol. The molecule has 2 aliphatic heterocycles. The maximum atomic E-state index is 12.4. The molecular weight excluding hydrogens is 391 g/mol. The van der Waals surface area contributed by atoms with Gasteiger partial charge in [-0.3, -0.25) is 9.69 Å². The van der Waals surface area contributed by atoms with Gasteiger partial charge < -0.3 is 14.6 Å². The first-order valence-electron chi connectivity index (χ1n) is 7.57. The smallest absolute Gasteiger partial charge is 0.491 e. The van der Waals surface area contributed by atoms with Gasteiger partial charge in [0.05, 0.1) is 11.8 Å². The summed E-state index contributed by atoms with van der Waals surface area (Å²) in [6, 6.07) is 5.64. The van der Waals surface area contributed by atoms with Crippen molar-refractivity contribution in [2.45, 2.75) is 18.0 Å². The second-order valence-electron chi connectivity index (χ2n) is 5.64. The van der Waals surface area contributed by atoms with E-state index in [0.29, 0.717) is 5.75 Å². The quantitative estimate of drug-likeness (QED) is 0.467. The minimum atomic E-state index is -5.33. The number of β-lactam (4-membered cyclic amide) rings is 1. The van der Waals surface area contributed by atoms with Crippen molar-refractivity contribution in [3.8, 4) is 11.5 Å². The molecule has 1 unspecified atom stereocenters. The molecule has 144 valence electrons. The van der Waals surface area contributed by atoms with Gasteiger partial charge in [-0.25, -0.2) is 9.59 Å². The number of thioether (sulfide) groups is 1. The Morgan fingerprint density at radius 1 is 1.26 bits per heavy atom. The average Bonchev–Trinajstić information content (AvgIpc) is 2.59. The van der Waals surface area contributed by atoms with Crippen LogP contribution in [0.3, 0.4) is 0 Å². The molecule has 27 heavy (non-hydrogen) atoms. The highest BCUT2D eigenvalue weighted by molar-refractivity contribution is 8.00. The molecule has 2 heterocycles. The Labute approximate surface area is 154 Å². The van der Waals surface area contributed by atoms with Gasteiger partial charge in [-0.15, -0.1) is 11.8 Å². The molecule has 3 rings (SSSR count).